The lowest BCUT2D eigenvalue weighted by atomic mass is 10.8. The molecule has 110 valence electrons. The average Bonchev–Trinajstić information content (AvgIpc) is 2.09. The average molecular weight is 324 g/mol. The maximum atomic E-state index is 12.0. The van der Waals surface area contributed by atoms with Crippen LogP contribution in [0.3, 0.4) is 0 Å². The summed E-state index contributed by atoms with van der Waals surface area (Å²) in [5.74, 6) is 0. The van der Waals surface area contributed by atoms with Crippen LogP contribution in [0.25, 0.3) is 0 Å². The van der Waals surface area contributed by atoms with E-state index in [1.807, 2.05) is 0 Å². The van der Waals surface area contributed by atoms with Gasteiger partial charge in [0.25, 0.3) is 0 Å². The topological polar surface area (TPSA) is 83.6 Å². The molecule has 0 aliphatic carbocycles. The van der Waals surface area contributed by atoms with E-state index < -0.39 is 41.4 Å². The Morgan fingerprint density at radius 3 is 1.33 bits per heavy atom. The minimum absolute atomic E-state index is 0.801. The Hall–Kier alpha value is -0.600. The van der Waals surface area contributed by atoms with E-state index in [9.17, 15) is 43.2 Å². The zero-order valence-corrected chi connectivity index (χ0v) is 10.0. The molecule has 0 aliphatic heterocycles. The Morgan fingerprint density at radius 1 is 0.889 bits per heavy atom. The summed E-state index contributed by atoms with van der Waals surface area (Å²) in [6.07, 6.45) is 0. The molecule has 0 rings (SSSR count). The zero-order valence-electron chi connectivity index (χ0n) is 8.37. The van der Waals surface area contributed by atoms with Crippen LogP contribution in [0.2, 0.25) is 0 Å². The molecule has 0 bridgehead atoms. The summed E-state index contributed by atoms with van der Waals surface area (Å²) in [4.78, 5) is 0. The molecule has 0 spiro atoms. The molecule has 0 aliphatic rings. The second-order valence-electron chi connectivity index (χ2n) is 2.61. The molecule has 1 N–H and O–H groups in total. The molecule has 6 nitrogen and oxygen atoms in total. The highest BCUT2D eigenvalue weighted by atomic mass is 32.3. The van der Waals surface area contributed by atoms with Crippen molar-refractivity contribution < 1.29 is 43.2 Å². The van der Waals surface area contributed by atoms with E-state index in [2.05, 4.69) is 0 Å². The second kappa shape index (κ2) is 4.82. The van der Waals surface area contributed by atoms with E-state index in [0.29, 0.717) is 0 Å². The third-order valence-electron chi connectivity index (χ3n) is 1.31. The molecule has 0 unspecified atom stereocenters. The Bertz CT molecular complexity index is 447. The lowest BCUT2D eigenvalue weighted by molar-refractivity contribution is -0.0547. The monoisotopic (exact) mass is 324 g/mol. The van der Waals surface area contributed by atoms with Crippen molar-refractivity contribution in [2.45, 2.75) is 17.9 Å². The van der Waals surface area contributed by atoms with Crippen molar-refractivity contribution in [2.24, 2.45) is 0 Å². The summed E-state index contributed by atoms with van der Waals surface area (Å²) in [5, 5.41) is 0. The molecule has 0 radical (unpaired) electrons. The first-order valence-corrected chi connectivity index (χ1v) is 6.74. The highest BCUT2D eigenvalue weighted by Crippen LogP contribution is 2.33. The van der Waals surface area contributed by atoms with Gasteiger partial charge in [-0.2, -0.15) is 26.3 Å². The van der Waals surface area contributed by atoms with Crippen LogP contribution in [-0.2, 0) is 20.0 Å². The van der Waals surface area contributed by atoms with Gasteiger partial charge in [0.1, 0.15) is 0 Å². The molecule has 0 aromatic carbocycles. The van der Waals surface area contributed by atoms with Gasteiger partial charge in [-0.05, 0) is 3.82 Å². The standard InChI is InChI=1S/C4H6F6N2O4S2/c1-2-11-12(17(13,14)3(5,6)7)18(15,16)4(8,9)10/h11H,2H2,1H3. The number of nitrogens with zero attached hydrogens (tertiary/aromatic N) is 1. The summed E-state index contributed by atoms with van der Waals surface area (Å²) < 4.78 is 113. The van der Waals surface area contributed by atoms with Gasteiger partial charge in [0, 0.05) is 6.54 Å². The van der Waals surface area contributed by atoms with Crippen molar-refractivity contribution in [3.05, 3.63) is 0 Å². The number of nitrogens with one attached hydrogen (secondary N) is 1. The van der Waals surface area contributed by atoms with Gasteiger partial charge < -0.3 is 0 Å². The van der Waals surface area contributed by atoms with Gasteiger partial charge in [-0.1, -0.05) is 6.92 Å². The third-order valence-corrected chi connectivity index (χ3v) is 4.79. The molecular formula is C4H6F6N2O4S2. The maximum Gasteiger partial charge on any atom is 0.513 e. The molecule has 14 heteroatoms. The molecule has 0 atom stereocenters. The summed E-state index contributed by atoms with van der Waals surface area (Å²) in [5.41, 5.74) is -11.4. The number of alkyl halides is 6. The largest absolute Gasteiger partial charge is 0.513 e. The van der Waals surface area contributed by atoms with Gasteiger partial charge in [0.15, 0.2) is 0 Å². The first kappa shape index (κ1) is 17.4. The first-order valence-electron chi connectivity index (χ1n) is 3.86. The van der Waals surface area contributed by atoms with Crippen molar-refractivity contribution in [1.29, 1.82) is 0 Å². The summed E-state index contributed by atoms with van der Waals surface area (Å²) in [6.45, 7) is 0.107. The fourth-order valence-corrected chi connectivity index (χ4v) is 3.13. The smallest absolute Gasteiger partial charge is 0.227 e. The lowest BCUT2D eigenvalue weighted by Crippen LogP contribution is -2.55. The van der Waals surface area contributed by atoms with Gasteiger partial charge in [0.2, 0.25) is 0 Å². The highest BCUT2D eigenvalue weighted by molar-refractivity contribution is 8.04. The van der Waals surface area contributed by atoms with Gasteiger partial charge in [-0.25, -0.2) is 22.3 Å². The van der Waals surface area contributed by atoms with Crippen molar-refractivity contribution in [2.75, 3.05) is 6.54 Å². The normalized spacial score (nSPS) is 15.1. The Kier molecular flexibility index (Phi) is 4.66. The van der Waals surface area contributed by atoms with Crippen LogP contribution in [0.15, 0.2) is 0 Å². The summed E-state index contributed by atoms with van der Waals surface area (Å²) >= 11 is 0. The second-order valence-corrected chi connectivity index (χ2v) is 6.40. The third kappa shape index (κ3) is 3.04. The van der Waals surface area contributed by atoms with Crippen LogP contribution in [0.1, 0.15) is 6.92 Å². The van der Waals surface area contributed by atoms with Crippen molar-refractivity contribution in [3.8, 4) is 0 Å². The number of hydrogen-bond acceptors (Lipinski definition) is 5. The van der Waals surface area contributed by atoms with Gasteiger partial charge in [0.05, 0.1) is 0 Å². The fourth-order valence-electron chi connectivity index (χ4n) is 0.616. The predicted octanol–water partition coefficient (Wildman–Crippen LogP) is 0.512. The first-order chi connectivity index (χ1) is 7.69. The van der Waals surface area contributed by atoms with Gasteiger partial charge in [-0.15, -0.1) is 0 Å². The number of hydrazine groups is 1. The molecule has 0 aromatic rings. The van der Waals surface area contributed by atoms with E-state index in [4.69, 9.17) is 0 Å². The quantitative estimate of drug-likeness (QED) is 0.602. The van der Waals surface area contributed by atoms with Crippen molar-refractivity contribution in [1.82, 2.24) is 9.25 Å². The number of halogens is 6. The van der Waals surface area contributed by atoms with Crippen LogP contribution < -0.4 is 5.43 Å². The van der Waals surface area contributed by atoms with E-state index in [0.717, 1.165) is 12.3 Å². The van der Waals surface area contributed by atoms with Crippen LogP contribution >= 0.6 is 0 Å². The van der Waals surface area contributed by atoms with Gasteiger partial charge >= 0.3 is 31.1 Å². The van der Waals surface area contributed by atoms with Crippen molar-refractivity contribution >= 4 is 20.0 Å². The summed E-state index contributed by atoms with van der Waals surface area (Å²) in [7, 11) is -13.5. The summed E-state index contributed by atoms with van der Waals surface area (Å²) in [6, 6.07) is 0. The van der Waals surface area contributed by atoms with Crippen LogP contribution in [0.5, 0.6) is 0 Å². The lowest BCUT2D eigenvalue weighted by Gasteiger charge is -2.23. The predicted molar refractivity (Wildman–Crippen MR) is 45.5 cm³/mol. The number of hydrogen-bond donors (Lipinski definition) is 1. The highest BCUT2D eigenvalue weighted by Gasteiger charge is 2.61. The van der Waals surface area contributed by atoms with Gasteiger partial charge in [-0.3, -0.25) is 0 Å². The number of rotatable bonds is 4. The molecule has 0 saturated carbocycles. The molecule has 0 aromatic heterocycles. The maximum absolute atomic E-state index is 12.0. The van der Waals surface area contributed by atoms with Crippen LogP contribution in [0.4, 0.5) is 26.3 Å². The Labute approximate surface area is 97.6 Å². The van der Waals surface area contributed by atoms with Crippen LogP contribution in [0, 0.1) is 0 Å². The molecule has 18 heavy (non-hydrogen) atoms. The zero-order chi connectivity index (χ0) is 15.0. The minimum atomic E-state index is -6.73. The molecule has 0 amide bonds. The van der Waals surface area contributed by atoms with Crippen LogP contribution in [-0.4, -0.2) is 38.2 Å². The fraction of sp³-hybridized carbons (Fsp3) is 1.00. The Morgan fingerprint density at radius 2 is 1.17 bits per heavy atom. The number of sulfonamides is 2. The molecule has 0 saturated heterocycles. The molecular weight excluding hydrogens is 318 g/mol. The van der Waals surface area contributed by atoms with E-state index in [-0.39, 0.29) is 0 Å². The molecule has 0 fully saturated rings. The van der Waals surface area contributed by atoms with Crippen molar-refractivity contribution in [3.63, 3.8) is 0 Å². The Balaban J connectivity index is 5.95. The minimum Gasteiger partial charge on any atom is -0.227 e. The van der Waals surface area contributed by atoms with E-state index in [1.54, 1.807) is 0 Å². The molecule has 0 heterocycles. The van der Waals surface area contributed by atoms with E-state index >= 15 is 0 Å². The SMILES string of the molecule is CCNN(S(=O)(=O)C(F)(F)F)S(=O)(=O)C(F)(F)F. The van der Waals surface area contributed by atoms with E-state index in [1.165, 1.54) is 0 Å².